The number of unbranched alkanes of at least 4 members (excludes halogenated alkanes) is 16. The van der Waals surface area contributed by atoms with Crippen molar-refractivity contribution in [3.63, 3.8) is 0 Å². The Morgan fingerprint density at radius 2 is 0.923 bits per heavy atom. The molecule has 0 bridgehead atoms. The second kappa shape index (κ2) is 24.7. The quantitative estimate of drug-likeness (QED) is 0.179. The number of hydrogen-bond acceptors (Lipinski definition) is 2. The summed E-state index contributed by atoms with van der Waals surface area (Å²) in [5, 5.41) is 0.887. The fraction of sp³-hybridized carbons (Fsp3) is 0.900. The standard InChI is InChI=1S/C20H40O3S.2Na.2H/c1-2-3-4-5-6-7-8-9-10-11-12-13-14-15-16-17-18-19-20-24(21,22)23;;;;/h19-20H,2-18H2,1H3,(H,21,22,23);;;;. The topological polar surface area (TPSA) is 54.4 Å². The van der Waals surface area contributed by atoms with Crippen LogP contribution in [0.3, 0.4) is 0 Å². The molecule has 3 nitrogen and oxygen atoms in total. The van der Waals surface area contributed by atoms with Crippen LogP contribution in [-0.4, -0.2) is 72.1 Å². The first-order valence-corrected chi connectivity index (χ1v) is 11.7. The molecule has 0 aromatic carbocycles. The fourth-order valence-electron chi connectivity index (χ4n) is 3.00. The monoisotopic (exact) mass is 408 g/mol. The Balaban J connectivity index is -0.00000264. The number of hydrogen-bond donors (Lipinski definition) is 1. The van der Waals surface area contributed by atoms with Crippen LogP contribution in [0, 0.1) is 0 Å². The van der Waals surface area contributed by atoms with Crippen molar-refractivity contribution in [2.75, 3.05) is 0 Å². The average molecular weight is 409 g/mol. The zero-order chi connectivity index (χ0) is 17.9. The van der Waals surface area contributed by atoms with Crippen LogP contribution >= 0.6 is 0 Å². The summed E-state index contributed by atoms with van der Waals surface area (Å²) < 4.78 is 29.5. The van der Waals surface area contributed by atoms with E-state index in [4.69, 9.17) is 4.55 Å². The predicted molar refractivity (Wildman–Crippen MR) is 119 cm³/mol. The zero-order valence-corrected chi connectivity index (χ0v) is 16.7. The summed E-state index contributed by atoms with van der Waals surface area (Å²) in [6.07, 6.45) is 23.7. The summed E-state index contributed by atoms with van der Waals surface area (Å²) in [4.78, 5) is 0. The van der Waals surface area contributed by atoms with Crippen LogP contribution in [-0.2, 0) is 10.1 Å². The van der Waals surface area contributed by atoms with Crippen LogP contribution in [0.2, 0.25) is 0 Å². The molecule has 0 aliphatic heterocycles. The van der Waals surface area contributed by atoms with Gasteiger partial charge in [-0.25, -0.2) is 0 Å². The van der Waals surface area contributed by atoms with Gasteiger partial charge in [0.15, 0.2) is 0 Å². The molecule has 0 spiro atoms. The fourth-order valence-corrected chi connectivity index (χ4v) is 3.38. The van der Waals surface area contributed by atoms with Gasteiger partial charge in [-0.1, -0.05) is 109 Å². The molecular weight excluding hydrogens is 366 g/mol. The van der Waals surface area contributed by atoms with E-state index in [1.165, 1.54) is 89.9 Å². The summed E-state index contributed by atoms with van der Waals surface area (Å²) in [5.41, 5.74) is 0. The Morgan fingerprint density at radius 3 is 1.23 bits per heavy atom. The van der Waals surface area contributed by atoms with Gasteiger partial charge in [-0.3, -0.25) is 4.55 Å². The van der Waals surface area contributed by atoms with E-state index in [0.717, 1.165) is 24.7 Å². The SMILES string of the molecule is CCCCCCCCCCCCCCCCCCC=CS(=O)(=O)O.[NaH].[NaH]. The normalized spacial score (nSPS) is 11.3. The molecule has 0 radical (unpaired) electrons. The third kappa shape index (κ3) is 30.4. The van der Waals surface area contributed by atoms with Gasteiger partial charge in [0.25, 0.3) is 10.1 Å². The molecule has 0 saturated heterocycles. The molecule has 6 heteroatoms. The molecule has 148 valence electrons. The third-order valence-electron chi connectivity index (χ3n) is 4.49. The van der Waals surface area contributed by atoms with Crippen molar-refractivity contribution < 1.29 is 13.0 Å². The van der Waals surface area contributed by atoms with E-state index < -0.39 is 10.1 Å². The maximum absolute atomic E-state index is 10.5. The molecule has 0 aliphatic rings. The summed E-state index contributed by atoms with van der Waals surface area (Å²) in [7, 11) is -3.93. The molecule has 26 heavy (non-hydrogen) atoms. The zero-order valence-electron chi connectivity index (χ0n) is 15.8. The molecule has 0 aromatic rings. The van der Waals surface area contributed by atoms with Gasteiger partial charge >= 0.3 is 59.1 Å². The van der Waals surface area contributed by atoms with E-state index in [1.54, 1.807) is 6.08 Å². The van der Waals surface area contributed by atoms with Crippen LogP contribution in [0.1, 0.15) is 116 Å². The van der Waals surface area contributed by atoms with Crippen molar-refractivity contribution in [2.45, 2.75) is 116 Å². The first-order valence-electron chi connectivity index (χ1n) is 10.2. The molecule has 0 rings (SSSR count). The van der Waals surface area contributed by atoms with Crippen LogP contribution in [0.4, 0.5) is 0 Å². The van der Waals surface area contributed by atoms with Gasteiger partial charge in [-0.15, -0.1) is 0 Å². The van der Waals surface area contributed by atoms with Crippen molar-refractivity contribution in [1.29, 1.82) is 0 Å². The maximum atomic E-state index is 10.5. The van der Waals surface area contributed by atoms with Gasteiger partial charge in [0, 0.05) is 0 Å². The van der Waals surface area contributed by atoms with E-state index in [9.17, 15) is 8.42 Å². The van der Waals surface area contributed by atoms with Gasteiger partial charge in [0.1, 0.15) is 0 Å². The Hall–Kier alpha value is 1.65. The number of allylic oxidation sites excluding steroid dienone is 1. The third-order valence-corrected chi connectivity index (χ3v) is 5.03. The van der Waals surface area contributed by atoms with Crippen LogP contribution < -0.4 is 0 Å². The summed E-state index contributed by atoms with van der Waals surface area (Å²) in [6, 6.07) is 0. The van der Waals surface area contributed by atoms with Crippen molar-refractivity contribution in [3.05, 3.63) is 11.5 Å². The van der Waals surface area contributed by atoms with Crippen LogP contribution in [0.15, 0.2) is 11.5 Å². The van der Waals surface area contributed by atoms with Crippen LogP contribution in [0.5, 0.6) is 0 Å². The van der Waals surface area contributed by atoms with E-state index in [0.29, 0.717) is 0 Å². The van der Waals surface area contributed by atoms with Gasteiger partial charge < -0.3 is 0 Å². The Morgan fingerprint density at radius 1 is 0.615 bits per heavy atom. The second-order valence-corrected chi connectivity index (χ2v) is 8.28. The van der Waals surface area contributed by atoms with Crippen molar-refractivity contribution in [3.8, 4) is 0 Å². The Kier molecular flexibility index (Phi) is 30.7. The first-order chi connectivity index (χ1) is 11.6. The summed E-state index contributed by atoms with van der Waals surface area (Å²) in [6.45, 7) is 2.27. The van der Waals surface area contributed by atoms with Gasteiger partial charge in [0.2, 0.25) is 0 Å². The molecule has 0 aliphatic carbocycles. The van der Waals surface area contributed by atoms with E-state index in [2.05, 4.69) is 6.92 Å². The van der Waals surface area contributed by atoms with Crippen molar-refractivity contribution in [1.82, 2.24) is 0 Å². The molecule has 1 N–H and O–H groups in total. The second-order valence-electron chi connectivity index (χ2n) is 6.98. The summed E-state index contributed by atoms with van der Waals surface area (Å²) in [5.74, 6) is 0. The Labute approximate surface area is 207 Å². The molecule has 0 atom stereocenters. The average Bonchev–Trinajstić information content (AvgIpc) is 2.52. The molecule has 0 amide bonds. The predicted octanol–water partition coefficient (Wildman–Crippen LogP) is 5.74. The van der Waals surface area contributed by atoms with Crippen LogP contribution in [0.25, 0.3) is 0 Å². The van der Waals surface area contributed by atoms with Crippen molar-refractivity contribution in [2.24, 2.45) is 0 Å². The van der Waals surface area contributed by atoms with Crippen molar-refractivity contribution >= 4 is 69.2 Å². The molecule has 0 saturated carbocycles. The molecule has 0 heterocycles. The molecule has 0 unspecified atom stereocenters. The van der Waals surface area contributed by atoms with E-state index >= 15 is 0 Å². The molecular formula is C20H42Na2O3S. The molecule has 0 aromatic heterocycles. The van der Waals surface area contributed by atoms with E-state index in [-0.39, 0.29) is 59.1 Å². The Bertz CT molecular complexity index is 385. The molecule has 0 fully saturated rings. The van der Waals surface area contributed by atoms with E-state index in [1.807, 2.05) is 0 Å². The number of rotatable bonds is 18. The minimum absolute atomic E-state index is 0. The summed E-state index contributed by atoms with van der Waals surface area (Å²) >= 11 is 0. The van der Waals surface area contributed by atoms with Gasteiger partial charge in [0.05, 0.1) is 5.41 Å². The first kappa shape index (κ1) is 32.3. The minimum atomic E-state index is -3.93. The van der Waals surface area contributed by atoms with Gasteiger partial charge in [-0.2, -0.15) is 8.42 Å². The van der Waals surface area contributed by atoms with Gasteiger partial charge in [-0.05, 0) is 12.8 Å².